The van der Waals surface area contributed by atoms with Gasteiger partial charge in [0.15, 0.2) is 0 Å². The van der Waals surface area contributed by atoms with E-state index in [0.29, 0.717) is 0 Å². The smallest absolute Gasteiger partial charge is 0.126 e. The highest BCUT2D eigenvalue weighted by Gasteiger charge is 2.25. The molecule has 0 fully saturated rings. The SMILES string of the molecule is [B]C(C=C)(OC)c1ccc2c(c1)-c1ccccc1Cc1ccccc1-2. The maximum Gasteiger partial charge on any atom is 0.126 e. The molecule has 1 nitrogen and oxygen atoms in total. The fraction of sp³-hybridized carbons (Fsp3) is 0.130. The molecule has 120 valence electrons. The van der Waals surface area contributed by atoms with E-state index >= 15 is 0 Å². The van der Waals surface area contributed by atoms with Gasteiger partial charge in [-0.1, -0.05) is 66.7 Å². The lowest BCUT2D eigenvalue weighted by Gasteiger charge is -2.27. The minimum Gasteiger partial charge on any atom is -0.380 e. The summed E-state index contributed by atoms with van der Waals surface area (Å²) < 4.78 is 5.51. The summed E-state index contributed by atoms with van der Waals surface area (Å²) in [6, 6.07) is 23.5. The molecule has 0 saturated heterocycles. The molecule has 0 saturated carbocycles. The average molecular weight is 322 g/mol. The zero-order chi connectivity index (χ0) is 17.4. The lowest BCUT2D eigenvalue weighted by Crippen LogP contribution is -2.25. The van der Waals surface area contributed by atoms with Crippen LogP contribution in [0.25, 0.3) is 22.3 Å². The maximum atomic E-state index is 6.36. The third kappa shape index (κ3) is 2.54. The Labute approximate surface area is 150 Å². The molecule has 0 aliphatic heterocycles. The molecule has 2 radical (unpaired) electrons. The molecule has 0 spiro atoms. The van der Waals surface area contributed by atoms with Gasteiger partial charge in [-0.05, 0) is 51.4 Å². The largest absolute Gasteiger partial charge is 0.380 e. The Morgan fingerprint density at radius 1 is 0.880 bits per heavy atom. The number of hydrogen-bond acceptors (Lipinski definition) is 1. The van der Waals surface area contributed by atoms with Gasteiger partial charge in [0.25, 0.3) is 0 Å². The molecule has 0 N–H and O–H groups in total. The minimum absolute atomic E-state index is 0.901. The lowest BCUT2D eigenvalue weighted by atomic mass is 9.74. The van der Waals surface area contributed by atoms with Gasteiger partial charge >= 0.3 is 0 Å². The molecular formula is C23H19BO. The highest BCUT2D eigenvalue weighted by atomic mass is 16.5. The van der Waals surface area contributed by atoms with Gasteiger partial charge in [0.05, 0.1) is 5.50 Å². The van der Waals surface area contributed by atoms with Crippen molar-refractivity contribution in [3.05, 3.63) is 96.1 Å². The van der Waals surface area contributed by atoms with Gasteiger partial charge in [-0.15, -0.1) is 6.58 Å². The van der Waals surface area contributed by atoms with Crippen LogP contribution in [-0.2, 0) is 16.7 Å². The number of methoxy groups -OCH3 is 1. The molecule has 3 aromatic rings. The Hall–Kier alpha value is -2.58. The highest BCUT2D eigenvalue weighted by molar-refractivity contribution is 6.16. The normalized spacial score (nSPS) is 14.4. The third-order valence-corrected chi connectivity index (χ3v) is 5.11. The Bertz CT molecular complexity index is 960. The zero-order valence-corrected chi connectivity index (χ0v) is 14.3. The maximum absolute atomic E-state index is 6.36. The van der Waals surface area contributed by atoms with Gasteiger partial charge in [-0.2, -0.15) is 0 Å². The van der Waals surface area contributed by atoms with Crippen LogP contribution < -0.4 is 0 Å². The third-order valence-electron chi connectivity index (χ3n) is 5.11. The van der Waals surface area contributed by atoms with Crippen molar-refractivity contribution in [1.29, 1.82) is 0 Å². The van der Waals surface area contributed by atoms with E-state index in [-0.39, 0.29) is 0 Å². The van der Waals surface area contributed by atoms with E-state index in [2.05, 4.69) is 67.2 Å². The van der Waals surface area contributed by atoms with Crippen molar-refractivity contribution < 1.29 is 4.74 Å². The number of rotatable bonds is 3. The summed E-state index contributed by atoms with van der Waals surface area (Å²) in [6.45, 7) is 3.84. The Morgan fingerprint density at radius 2 is 1.48 bits per heavy atom. The molecule has 0 amide bonds. The van der Waals surface area contributed by atoms with Crippen LogP contribution in [-0.4, -0.2) is 15.0 Å². The Balaban J connectivity index is 2.04. The number of hydrogen-bond donors (Lipinski definition) is 0. The first kappa shape index (κ1) is 15.9. The van der Waals surface area contributed by atoms with Crippen LogP contribution >= 0.6 is 0 Å². The van der Waals surface area contributed by atoms with Gasteiger partial charge in [-0.3, -0.25) is 0 Å². The summed E-state index contributed by atoms with van der Waals surface area (Å²) >= 11 is 0. The van der Waals surface area contributed by atoms with Crippen molar-refractivity contribution >= 4 is 7.85 Å². The Kier molecular flexibility index (Phi) is 3.86. The van der Waals surface area contributed by atoms with Crippen molar-refractivity contribution in [1.82, 2.24) is 0 Å². The van der Waals surface area contributed by atoms with Crippen LogP contribution in [0, 0.1) is 0 Å². The second-order valence-electron chi connectivity index (χ2n) is 6.45. The molecule has 4 rings (SSSR count). The zero-order valence-electron chi connectivity index (χ0n) is 14.3. The molecule has 1 aliphatic carbocycles. The minimum atomic E-state index is -0.990. The van der Waals surface area contributed by atoms with Crippen LogP contribution in [0.4, 0.5) is 0 Å². The van der Waals surface area contributed by atoms with Crippen molar-refractivity contribution in [2.75, 3.05) is 7.11 Å². The van der Waals surface area contributed by atoms with E-state index in [1.165, 1.54) is 33.4 Å². The average Bonchev–Trinajstić information content (AvgIpc) is 2.81. The molecule has 1 atom stereocenters. The summed E-state index contributed by atoms with van der Waals surface area (Å²) in [5, 5.41) is 0. The molecule has 0 aromatic heterocycles. The lowest BCUT2D eigenvalue weighted by molar-refractivity contribution is 0.103. The van der Waals surface area contributed by atoms with E-state index in [1.807, 2.05) is 6.07 Å². The molecule has 0 bridgehead atoms. The first-order chi connectivity index (χ1) is 12.2. The second kappa shape index (κ2) is 6.05. The first-order valence-corrected chi connectivity index (χ1v) is 8.45. The standard InChI is InChI=1S/C23H19BO/c1-3-23(24,25-2)18-12-13-21-19-10-6-4-8-16(19)14-17-9-5-7-11-20(17)22(21)15-18/h3-13,15H,1,14H2,2H3. The van der Waals surface area contributed by atoms with E-state index in [9.17, 15) is 0 Å². The van der Waals surface area contributed by atoms with Crippen molar-refractivity contribution in [2.24, 2.45) is 0 Å². The second-order valence-corrected chi connectivity index (χ2v) is 6.45. The molecule has 3 aromatic carbocycles. The summed E-state index contributed by atoms with van der Waals surface area (Å²) in [5.74, 6) is 0. The summed E-state index contributed by atoms with van der Waals surface area (Å²) in [4.78, 5) is 0. The molecular weight excluding hydrogens is 303 g/mol. The molecule has 2 heteroatoms. The van der Waals surface area contributed by atoms with Crippen molar-refractivity contribution in [2.45, 2.75) is 11.9 Å². The fourth-order valence-electron chi connectivity index (χ4n) is 3.64. The summed E-state index contributed by atoms with van der Waals surface area (Å²) in [5.41, 5.74) is 7.52. The van der Waals surface area contributed by atoms with Crippen LogP contribution in [0.5, 0.6) is 0 Å². The highest BCUT2D eigenvalue weighted by Crippen LogP contribution is 2.42. The Morgan fingerprint density at radius 3 is 2.08 bits per heavy atom. The molecule has 0 heterocycles. The molecule has 25 heavy (non-hydrogen) atoms. The van der Waals surface area contributed by atoms with Crippen LogP contribution in [0.2, 0.25) is 0 Å². The van der Waals surface area contributed by atoms with Crippen LogP contribution in [0.3, 0.4) is 0 Å². The van der Waals surface area contributed by atoms with E-state index in [0.717, 1.165) is 12.0 Å². The number of benzene rings is 3. The predicted molar refractivity (Wildman–Crippen MR) is 105 cm³/mol. The first-order valence-electron chi connectivity index (χ1n) is 8.45. The van der Waals surface area contributed by atoms with Crippen LogP contribution in [0.15, 0.2) is 79.4 Å². The molecule has 1 unspecified atom stereocenters. The van der Waals surface area contributed by atoms with Gasteiger partial charge in [0.1, 0.15) is 7.85 Å². The van der Waals surface area contributed by atoms with Crippen molar-refractivity contribution in [3.63, 3.8) is 0 Å². The topological polar surface area (TPSA) is 9.23 Å². The van der Waals surface area contributed by atoms with Gasteiger partial charge in [0, 0.05) is 7.11 Å². The monoisotopic (exact) mass is 322 g/mol. The van der Waals surface area contributed by atoms with Gasteiger partial charge < -0.3 is 4.74 Å². The van der Waals surface area contributed by atoms with E-state index < -0.39 is 5.50 Å². The van der Waals surface area contributed by atoms with Gasteiger partial charge in [0.2, 0.25) is 0 Å². The van der Waals surface area contributed by atoms with Crippen LogP contribution in [0.1, 0.15) is 16.7 Å². The van der Waals surface area contributed by atoms with Gasteiger partial charge in [-0.25, -0.2) is 0 Å². The molecule has 1 aliphatic rings. The fourth-order valence-corrected chi connectivity index (χ4v) is 3.64. The van der Waals surface area contributed by atoms with Crippen molar-refractivity contribution in [3.8, 4) is 22.3 Å². The quantitative estimate of drug-likeness (QED) is 0.378. The predicted octanol–water partition coefficient (Wildman–Crippen LogP) is 5.08. The summed E-state index contributed by atoms with van der Waals surface area (Å²) in [6.07, 6.45) is 2.57. The van der Waals surface area contributed by atoms with E-state index in [4.69, 9.17) is 12.6 Å². The number of fused-ring (bicyclic) bond motifs is 5. The summed E-state index contributed by atoms with van der Waals surface area (Å²) in [7, 11) is 7.97. The van der Waals surface area contributed by atoms with E-state index in [1.54, 1.807) is 13.2 Å². The number of ether oxygens (including phenoxy) is 1.